The summed E-state index contributed by atoms with van der Waals surface area (Å²) in [6.07, 6.45) is 0. The number of carbonyl (C=O) groups excluding carboxylic acids is 1. The zero-order valence-electron chi connectivity index (χ0n) is 9.97. The lowest BCUT2D eigenvalue weighted by atomic mass is 10.1. The number of rotatable bonds is 2. The van der Waals surface area contributed by atoms with Crippen molar-refractivity contribution < 1.29 is 14.7 Å². The third-order valence-electron chi connectivity index (χ3n) is 2.91. The molecule has 0 aromatic heterocycles. The third kappa shape index (κ3) is 3.00. The molecule has 2 rings (SSSR count). The molecule has 0 saturated carbocycles. The van der Waals surface area contributed by atoms with E-state index in [0.717, 1.165) is 3.57 Å². The number of hydrogen-bond donors (Lipinski definition) is 1. The lowest BCUT2D eigenvalue weighted by Gasteiger charge is -2.25. The maximum absolute atomic E-state index is 12.4. The highest BCUT2D eigenvalue weighted by molar-refractivity contribution is 14.1. The van der Waals surface area contributed by atoms with Crippen LogP contribution in [0.4, 0.5) is 0 Å². The largest absolute Gasteiger partial charge is 0.480 e. The minimum absolute atomic E-state index is 0.147. The molecule has 1 aromatic rings. The highest BCUT2D eigenvalue weighted by Gasteiger charge is 2.39. The lowest BCUT2D eigenvalue weighted by Crippen LogP contribution is -2.44. The van der Waals surface area contributed by atoms with E-state index in [1.54, 1.807) is 18.2 Å². The number of halogens is 2. The Hall–Kier alpha value is -0.470. The van der Waals surface area contributed by atoms with Crippen molar-refractivity contribution in [3.8, 4) is 0 Å². The van der Waals surface area contributed by atoms with Gasteiger partial charge in [-0.15, -0.1) is 11.8 Å². The number of benzene rings is 1. The van der Waals surface area contributed by atoms with Crippen molar-refractivity contribution in [1.82, 2.24) is 4.90 Å². The summed E-state index contributed by atoms with van der Waals surface area (Å²) in [5.74, 6) is -0.842. The second-order valence-electron chi connectivity index (χ2n) is 4.13. The van der Waals surface area contributed by atoms with E-state index in [-0.39, 0.29) is 11.3 Å². The highest BCUT2D eigenvalue weighted by Crippen LogP contribution is 2.31. The first kappa shape index (κ1) is 14.9. The Labute approximate surface area is 133 Å². The predicted molar refractivity (Wildman–Crippen MR) is 83.7 cm³/mol. The van der Waals surface area contributed by atoms with Crippen LogP contribution in [0, 0.1) is 3.57 Å². The number of hydrogen-bond acceptors (Lipinski definition) is 3. The molecular weight excluding hydrogens is 401 g/mol. The van der Waals surface area contributed by atoms with E-state index in [1.807, 2.05) is 6.92 Å². The van der Waals surface area contributed by atoms with Crippen molar-refractivity contribution in [2.75, 3.05) is 5.75 Å². The molecule has 1 N–H and O–H groups in total. The molecule has 102 valence electrons. The Morgan fingerprint density at radius 1 is 1.53 bits per heavy atom. The summed E-state index contributed by atoms with van der Waals surface area (Å²) in [5, 5.41) is 9.51. The van der Waals surface area contributed by atoms with Crippen molar-refractivity contribution in [2.24, 2.45) is 0 Å². The van der Waals surface area contributed by atoms with Crippen LogP contribution in [0.25, 0.3) is 0 Å². The van der Waals surface area contributed by atoms with Crippen molar-refractivity contribution in [3.05, 3.63) is 32.4 Å². The van der Waals surface area contributed by atoms with Crippen LogP contribution in [-0.2, 0) is 4.79 Å². The molecule has 0 radical (unpaired) electrons. The number of thioether (sulfide) groups is 1. The number of carbonyl (C=O) groups is 2. The van der Waals surface area contributed by atoms with Crippen LogP contribution in [0.2, 0.25) is 5.02 Å². The first-order chi connectivity index (χ1) is 8.91. The molecule has 1 aromatic carbocycles. The highest BCUT2D eigenvalue weighted by atomic mass is 127. The van der Waals surface area contributed by atoms with Gasteiger partial charge >= 0.3 is 5.97 Å². The molecule has 7 heteroatoms. The maximum atomic E-state index is 12.4. The minimum Gasteiger partial charge on any atom is -0.480 e. The molecule has 1 aliphatic heterocycles. The van der Waals surface area contributed by atoms with Crippen LogP contribution in [0.1, 0.15) is 17.3 Å². The molecule has 1 heterocycles. The number of aliphatic carboxylic acids is 1. The van der Waals surface area contributed by atoms with E-state index in [9.17, 15) is 9.59 Å². The van der Waals surface area contributed by atoms with Gasteiger partial charge in [0.2, 0.25) is 0 Å². The molecule has 4 nitrogen and oxygen atoms in total. The van der Waals surface area contributed by atoms with Gasteiger partial charge in [0.1, 0.15) is 6.04 Å². The van der Waals surface area contributed by atoms with Gasteiger partial charge in [-0.1, -0.05) is 11.6 Å². The van der Waals surface area contributed by atoms with Gasteiger partial charge in [-0.25, -0.2) is 4.79 Å². The van der Waals surface area contributed by atoms with Crippen LogP contribution in [0.5, 0.6) is 0 Å². The van der Waals surface area contributed by atoms with Crippen molar-refractivity contribution >= 4 is 57.8 Å². The van der Waals surface area contributed by atoms with Crippen LogP contribution in [-0.4, -0.2) is 39.1 Å². The Kier molecular flexibility index (Phi) is 4.62. The molecule has 1 amide bonds. The summed E-state index contributed by atoms with van der Waals surface area (Å²) < 4.78 is 0.856. The fourth-order valence-corrected chi connectivity index (χ4v) is 3.60. The summed E-state index contributed by atoms with van der Waals surface area (Å²) in [4.78, 5) is 25.0. The van der Waals surface area contributed by atoms with E-state index in [1.165, 1.54) is 16.7 Å². The summed E-state index contributed by atoms with van der Waals surface area (Å²) >= 11 is 9.54. The zero-order chi connectivity index (χ0) is 14.2. The fourth-order valence-electron chi connectivity index (χ4n) is 1.92. The van der Waals surface area contributed by atoms with Gasteiger partial charge in [0, 0.05) is 14.9 Å². The van der Waals surface area contributed by atoms with Crippen LogP contribution in [0.3, 0.4) is 0 Å². The molecule has 0 aliphatic carbocycles. The van der Waals surface area contributed by atoms with Gasteiger partial charge in [0.05, 0.1) is 10.4 Å². The molecule has 1 fully saturated rings. The molecule has 0 bridgehead atoms. The quantitative estimate of drug-likeness (QED) is 0.760. The summed E-state index contributed by atoms with van der Waals surface area (Å²) in [6, 6.07) is 4.23. The average molecular weight is 412 g/mol. The van der Waals surface area contributed by atoms with Gasteiger partial charge in [0.15, 0.2) is 0 Å². The zero-order valence-corrected chi connectivity index (χ0v) is 13.7. The number of carboxylic acids is 1. The number of carboxylic acid groups (broad SMARTS) is 1. The molecule has 19 heavy (non-hydrogen) atoms. The van der Waals surface area contributed by atoms with Gasteiger partial charge in [-0.3, -0.25) is 4.79 Å². The number of nitrogens with zero attached hydrogens (tertiary/aromatic N) is 1. The second-order valence-corrected chi connectivity index (χ2v) is 7.05. The van der Waals surface area contributed by atoms with E-state index in [0.29, 0.717) is 16.3 Å². The van der Waals surface area contributed by atoms with Crippen molar-refractivity contribution in [3.63, 3.8) is 0 Å². The minimum atomic E-state index is -0.971. The smallest absolute Gasteiger partial charge is 0.327 e. The van der Waals surface area contributed by atoms with Crippen molar-refractivity contribution in [2.45, 2.75) is 18.3 Å². The second kappa shape index (κ2) is 5.88. The summed E-state index contributed by atoms with van der Waals surface area (Å²) in [7, 11) is 0. The Bertz CT molecular complexity index is 540. The molecule has 1 aliphatic rings. The Morgan fingerprint density at radius 3 is 2.79 bits per heavy atom. The normalized spacial score (nSPS) is 22.6. The predicted octanol–water partition coefficient (Wildman–Crippen LogP) is 2.93. The van der Waals surface area contributed by atoms with Gasteiger partial charge in [-0.2, -0.15) is 0 Å². The van der Waals surface area contributed by atoms with Crippen LogP contribution < -0.4 is 0 Å². The first-order valence-corrected chi connectivity index (χ1v) is 8.04. The third-order valence-corrected chi connectivity index (χ3v) is 5.70. The SMILES string of the molecule is CC1SCC(C(=O)O)N1C(=O)c1ccc(I)c(Cl)c1. The molecular formula is C12H11ClINO3S. The van der Waals surface area contributed by atoms with Gasteiger partial charge < -0.3 is 10.0 Å². The van der Waals surface area contributed by atoms with Crippen LogP contribution >= 0.6 is 46.0 Å². The van der Waals surface area contributed by atoms with E-state index in [2.05, 4.69) is 22.6 Å². The monoisotopic (exact) mass is 411 g/mol. The van der Waals surface area contributed by atoms with Crippen LogP contribution in [0.15, 0.2) is 18.2 Å². The maximum Gasteiger partial charge on any atom is 0.327 e. The first-order valence-electron chi connectivity index (χ1n) is 5.54. The van der Waals surface area contributed by atoms with Crippen molar-refractivity contribution in [1.29, 1.82) is 0 Å². The Morgan fingerprint density at radius 2 is 2.21 bits per heavy atom. The van der Waals surface area contributed by atoms with Gasteiger partial charge in [-0.05, 0) is 47.7 Å². The fraction of sp³-hybridized carbons (Fsp3) is 0.333. The number of amides is 1. The molecule has 2 unspecified atom stereocenters. The standard InChI is InChI=1S/C12H11ClINO3S/c1-6-15(10(5-19-6)12(17)18)11(16)7-2-3-9(14)8(13)4-7/h2-4,6,10H,5H2,1H3,(H,17,18). The molecule has 2 atom stereocenters. The lowest BCUT2D eigenvalue weighted by molar-refractivity contribution is -0.141. The molecule has 0 spiro atoms. The topological polar surface area (TPSA) is 57.6 Å². The Balaban J connectivity index is 2.31. The summed E-state index contributed by atoms with van der Waals surface area (Å²) in [5.41, 5.74) is 0.422. The van der Waals surface area contributed by atoms with E-state index >= 15 is 0 Å². The van der Waals surface area contributed by atoms with E-state index in [4.69, 9.17) is 16.7 Å². The van der Waals surface area contributed by atoms with Gasteiger partial charge in [0.25, 0.3) is 5.91 Å². The molecule has 1 saturated heterocycles. The average Bonchev–Trinajstić information content (AvgIpc) is 2.74. The summed E-state index contributed by atoms with van der Waals surface area (Å²) in [6.45, 7) is 1.83. The van der Waals surface area contributed by atoms with E-state index < -0.39 is 12.0 Å².